The number of benzene rings is 4. The lowest BCUT2D eigenvalue weighted by atomic mass is 9.97. The number of nitrogens with zero attached hydrogens (tertiary/aromatic N) is 1. The Balaban J connectivity index is 1.71. The monoisotopic (exact) mass is 388 g/mol. The molecule has 0 spiro atoms. The van der Waals surface area contributed by atoms with Gasteiger partial charge in [0.2, 0.25) is 0 Å². The van der Waals surface area contributed by atoms with E-state index in [2.05, 4.69) is 28.7 Å². The van der Waals surface area contributed by atoms with Gasteiger partial charge in [0, 0.05) is 10.6 Å². The number of carbonyl (C=O) groups excluding carboxylic acids is 1. The number of fused-ring (bicyclic) bond motifs is 2. The van der Waals surface area contributed by atoms with E-state index in [1.807, 2.05) is 36.4 Å². The van der Waals surface area contributed by atoms with Gasteiger partial charge >= 0.3 is 0 Å². The summed E-state index contributed by atoms with van der Waals surface area (Å²) in [6, 6.07) is 23.2. The predicted octanol–water partition coefficient (Wildman–Crippen LogP) is 5.42. The molecule has 4 nitrogen and oxygen atoms in total. The zero-order valence-electron chi connectivity index (χ0n) is 15.1. The second kappa shape index (κ2) is 7.71. The van der Waals surface area contributed by atoms with E-state index in [0.717, 1.165) is 27.1 Å². The van der Waals surface area contributed by atoms with Gasteiger partial charge in [0.1, 0.15) is 5.75 Å². The summed E-state index contributed by atoms with van der Waals surface area (Å²) in [5.74, 6) is 0.0489. The number of carbonyl (C=O) groups is 1. The maximum absolute atomic E-state index is 12.5. The Kier molecular flexibility index (Phi) is 4.96. The normalized spacial score (nSPS) is 11.2. The van der Waals surface area contributed by atoms with Crippen LogP contribution in [-0.4, -0.2) is 19.2 Å². The molecule has 4 aromatic carbocycles. The molecule has 1 N–H and O–H groups in total. The minimum atomic E-state index is -0.389. The molecule has 4 aromatic rings. The van der Waals surface area contributed by atoms with Crippen LogP contribution in [0.15, 0.2) is 77.9 Å². The minimum absolute atomic E-state index is 0.329. The summed E-state index contributed by atoms with van der Waals surface area (Å²) in [5.41, 5.74) is 3.85. The molecule has 0 aromatic heterocycles. The number of halogens is 1. The summed E-state index contributed by atoms with van der Waals surface area (Å²) < 4.78 is 5.23. The van der Waals surface area contributed by atoms with Crippen molar-refractivity contribution in [2.75, 3.05) is 7.11 Å². The van der Waals surface area contributed by atoms with Crippen molar-refractivity contribution in [2.45, 2.75) is 0 Å². The van der Waals surface area contributed by atoms with E-state index in [9.17, 15) is 4.79 Å². The molecular weight excluding hydrogens is 372 g/mol. The zero-order chi connectivity index (χ0) is 19.5. The first kappa shape index (κ1) is 18.0. The SMILES string of the molecule is COc1ccc(Cl)cc1C(=O)N/N=C/c1c2ccccc2cc2ccccc12. The van der Waals surface area contributed by atoms with Crippen molar-refractivity contribution in [3.63, 3.8) is 0 Å². The molecule has 1 amide bonds. The van der Waals surface area contributed by atoms with Crippen LogP contribution < -0.4 is 10.2 Å². The average Bonchev–Trinajstić information content (AvgIpc) is 2.73. The fourth-order valence-corrected chi connectivity index (χ4v) is 3.43. The van der Waals surface area contributed by atoms with Gasteiger partial charge in [-0.25, -0.2) is 5.43 Å². The van der Waals surface area contributed by atoms with E-state index < -0.39 is 0 Å². The fourth-order valence-electron chi connectivity index (χ4n) is 3.26. The standard InChI is InChI=1S/C23H17ClN2O2/c1-28-22-11-10-17(24)13-20(22)23(27)26-25-14-21-18-8-4-2-6-15(18)12-16-7-3-5-9-19(16)21/h2-14H,1H3,(H,26,27)/b25-14+. The van der Waals surface area contributed by atoms with E-state index in [1.54, 1.807) is 24.4 Å². The van der Waals surface area contributed by atoms with Gasteiger partial charge in [0.25, 0.3) is 5.91 Å². The quantitative estimate of drug-likeness (QED) is 0.288. The first-order valence-corrected chi connectivity index (χ1v) is 9.12. The van der Waals surface area contributed by atoms with Gasteiger partial charge in [0.05, 0.1) is 18.9 Å². The molecule has 4 rings (SSSR count). The Hall–Kier alpha value is -3.37. The van der Waals surface area contributed by atoms with Crippen LogP contribution in [0.25, 0.3) is 21.5 Å². The van der Waals surface area contributed by atoms with Gasteiger partial charge in [-0.3, -0.25) is 4.79 Å². The van der Waals surface area contributed by atoms with Crippen molar-refractivity contribution >= 4 is 45.3 Å². The molecule has 5 heteroatoms. The second-order valence-corrected chi connectivity index (χ2v) is 6.71. The Morgan fingerprint density at radius 1 is 0.964 bits per heavy atom. The summed E-state index contributed by atoms with van der Waals surface area (Å²) >= 11 is 6.00. The maximum Gasteiger partial charge on any atom is 0.275 e. The Morgan fingerprint density at radius 2 is 1.61 bits per heavy atom. The molecule has 0 aliphatic carbocycles. The summed E-state index contributed by atoms with van der Waals surface area (Å²) in [5, 5.41) is 9.02. The van der Waals surface area contributed by atoms with E-state index in [-0.39, 0.29) is 5.91 Å². The van der Waals surface area contributed by atoms with Crippen LogP contribution in [0, 0.1) is 0 Å². The molecule has 0 fully saturated rings. The molecular formula is C23H17ClN2O2. The third-order valence-electron chi connectivity index (χ3n) is 4.58. The number of methoxy groups -OCH3 is 1. The molecule has 28 heavy (non-hydrogen) atoms. The van der Waals surface area contributed by atoms with E-state index in [4.69, 9.17) is 16.3 Å². The van der Waals surface area contributed by atoms with Crippen LogP contribution in [-0.2, 0) is 0 Å². The van der Waals surface area contributed by atoms with Gasteiger partial charge in [-0.2, -0.15) is 5.10 Å². The van der Waals surface area contributed by atoms with Crippen LogP contribution in [0.5, 0.6) is 5.75 Å². The lowest BCUT2D eigenvalue weighted by Crippen LogP contribution is -2.18. The van der Waals surface area contributed by atoms with Crippen LogP contribution in [0.4, 0.5) is 0 Å². The molecule has 0 atom stereocenters. The molecule has 0 bridgehead atoms. The van der Waals surface area contributed by atoms with Crippen molar-refractivity contribution in [1.29, 1.82) is 0 Å². The molecule has 0 heterocycles. The van der Waals surface area contributed by atoms with Crippen molar-refractivity contribution in [3.8, 4) is 5.75 Å². The molecule has 0 saturated carbocycles. The highest BCUT2D eigenvalue weighted by Crippen LogP contribution is 2.27. The van der Waals surface area contributed by atoms with Crippen molar-refractivity contribution in [3.05, 3.63) is 88.9 Å². The lowest BCUT2D eigenvalue weighted by Gasteiger charge is -2.09. The van der Waals surface area contributed by atoms with Gasteiger partial charge in [-0.15, -0.1) is 0 Å². The smallest absolute Gasteiger partial charge is 0.275 e. The highest BCUT2D eigenvalue weighted by molar-refractivity contribution is 6.31. The van der Waals surface area contributed by atoms with Gasteiger partial charge < -0.3 is 4.74 Å². The molecule has 0 saturated heterocycles. The molecule has 138 valence electrons. The fraction of sp³-hybridized carbons (Fsp3) is 0.0435. The largest absolute Gasteiger partial charge is 0.496 e. The average molecular weight is 389 g/mol. The summed E-state index contributed by atoms with van der Waals surface area (Å²) in [4.78, 5) is 12.5. The summed E-state index contributed by atoms with van der Waals surface area (Å²) in [6.07, 6.45) is 1.68. The highest BCUT2D eigenvalue weighted by Gasteiger charge is 2.12. The lowest BCUT2D eigenvalue weighted by molar-refractivity contribution is 0.0952. The third kappa shape index (κ3) is 3.42. The second-order valence-electron chi connectivity index (χ2n) is 6.28. The summed E-state index contributed by atoms with van der Waals surface area (Å²) in [7, 11) is 1.51. The molecule has 0 unspecified atom stereocenters. The Morgan fingerprint density at radius 3 is 2.25 bits per heavy atom. The molecule has 0 aliphatic rings. The van der Waals surface area contributed by atoms with E-state index in [0.29, 0.717) is 16.3 Å². The Bertz CT molecular complexity index is 1160. The maximum atomic E-state index is 12.5. The highest BCUT2D eigenvalue weighted by atomic mass is 35.5. The number of amides is 1. The minimum Gasteiger partial charge on any atom is -0.496 e. The number of hydrogen-bond donors (Lipinski definition) is 1. The number of hydrogen-bond acceptors (Lipinski definition) is 3. The van der Waals surface area contributed by atoms with Crippen molar-refractivity contribution < 1.29 is 9.53 Å². The van der Waals surface area contributed by atoms with E-state index >= 15 is 0 Å². The number of hydrazone groups is 1. The Labute approximate surface area is 167 Å². The molecule has 0 aliphatic heterocycles. The van der Waals surface area contributed by atoms with Crippen LogP contribution in [0.2, 0.25) is 5.02 Å². The van der Waals surface area contributed by atoms with Crippen molar-refractivity contribution in [1.82, 2.24) is 5.43 Å². The first-order chi connectivity index (χ1) is 13.7. The van der Waals surface area contributed by atoms with Gasteiger partial charge in [-0.1, -0.05) is 60.1 Å². The van der Waals surface area contributed by atoms with Crippen LogP contribution in [0.1, 0.15) is 15.9 Å². The van der Waals surface area contributed by atoms with Crippen LogP contribution >= 0.6 is 11.6 Å². The third-order valence-corrected chi connectivity index (χ3v) is 4.81. The van der Waals surface area contributed by atoms with E-state index in [1.165, 1.54) is 7.11 Å². The topological polar surface area (TPSA) is 50.7 Å². The van der Waals surface area contributed by atoms with Crippen molar-refractivity contribution in [2.24, 2.45) is 5.10 Å². The summed E-state index contributed by atoms with van der Waals surface area (Å²) in [6.45, 7) is 0. The predicted molar refractivity (Wildman–Crippen MR) is 115 cm³/mol. The van der Waals surface area contributed by atoms with Gasteiger partial charge in [0.15, 0.2) is 0 Å². The first-order valence-electron chi connectivity index (χ1n) is 8.75. The number of nitrogens with one attached hydrogen (secondary N) is 1. The zero-order valence-corrected chi connectivity index (χ0v) is 15.9. The molecule has 0 radical (unpaired) electrons. The number of ether oxygens (including phenoxy) is 1. The van der Waals surface area contributed by atoms with Gasteiger partial charge in [-0.05, 0) is 45.8 Å². The van der Waals surface area contributed by atoms with Crippen LogP contribution in [0.3, 0.4) is 0 Å². The number of rotatable bonds is 4.